The highest BCUT2D eigenvalue weighted by Gasteiger charge is 2.14. The van der Waals surface area contributed by atoms with Crippen molar-refractivity contribution in [2.45, 2.75) is 0 Å². The summed E-state index contributed by atoms with van der Waals surface area (Å²) in [6, 6.07) is 19.7. The van der Waals surface area contributed by atoms with Crippen molar-refractivity contribution >= 4 is 22.4 Å². The first-order valence-corrected chi connectivity index (χ1v) is 6.48. The molecule has 0 fully saturated rings. The smallest absolute Gasteiger partial charge is 0.366 e. The minimum atomic E-state index is -0.637. The summed E-state index contributed by atoms with van der Waals surface area (Å²) in [5.41, 5.74) is 3.34. The topological polar surface area (TPSA) is 58.6 Å². The molecule has 2 N–H and O–H groups in total. The molecule has 0 aromatic heterocycles. The molecule has 21 heavy (non-hydrogen) atoms. The van der Waals surface area contributed by atoms with Gasteiger partial charge in [0.2, 0.25) is 0 Å². The van der Waals surface area contributed by atoms with Gasteiger partial charge in [-0.1, -0.05) is 42.5 Å². The lowest BCUT2D eigenvalue weighted by atomic mass is 10.1. The number of carbonyl (C=O) groups is 1. The average molecular weight is 279 g/mol. The molecule has 0 heterocycles. The summed E-state index contributed by atoms with van der Waals surface area (Å²) >= 11 is 0. The van der Waals surface area contributed by atoms with Crippen molar-refractivity contribution in [3.63, 3.8) is 0 Å². The Morgan fingerprint density at radius 2 is 1.52 bits per heavy atom. The summed E-state index contributed by atoms with van der Waals surface area (Å²) in [7, 11) is 0. The van der Waals surface area contributed by atoms with Gasteiger partial charge in [0.15, 0.2) is 0 Å². The second-order valence-electron chi connectivity index (χ2n) is 4.57. The lowest BCUT2D eigenvalue weighted by molar-refractivity contribution is 0.0593. The van der Waals surface area contributed by atoms with E-state index in [4.69, 9.17) is 4.84 Å². The van der Waals surface area contributed by atoms with Crippen molar-refractivity contribution in [3.05, 3.63) is 72.3 Å². The van der Waals surface area contributed by atoms with E-state index in [9.17, 15) is 9.90 Å². The van der Waals surface area contributed by atoms with E-state index in [-0.39, 0.29) is 11.3 Å². The molecule has 3 aromatic rings. The van der Waals surface area contributed by atoms with Crippen LogP contribution in [0.1, 0.15) is 10.4 Å². The maximum absolute atomic E-state index is 12.0. The summed E-state index contributed by atoms with van der Waals surface area (Å²) in [6.07, 6.45) is 0. The van der Waals surface area contributed by atoms with E-state index in [0.717, 1.165) is 10.8 Å². The van der Waals surface area contributed by atoms with Crippen LogP contribution in [0, 0.1) is 0 Å². The van der Waals surface area contributed by atoms with Crippen LogP contribution < -0.4 is 5.48 Å². The quantitative estimate of drug-likeness (QED) is 0.717. The number of hydrogen-bond acceptors (Lipinski definition) is 4. The fraction of sp³-hybridized carbons (Fsp3) is 0. The van der Waals surface area contributed by atoms with E-state index >= 15 is 0 Å². The van der Waals surface area contributed by atoms with E-state index in [0.29, 0.717) is 5.69 Å². The molecule has 0 atom stereocenters. The number of anilines is 1. The Kier molecular flexibility index (Phi) is 3.43. The Balaban J connectivity index is 1.82. The van der Waals surface area contributed by atoms with Gasteiger partial charge in [-0.3, -0.25) is 0 Å². The molecule has 4 nitrogen and oxygen atoms in total. The molecule has 0 aliphatic carbocycles. The zero-order valence-electron chi connectivity index (χ0n) is 11.1. The lowest BCUT2D eigenvalue weighted by Crippen LogP contribution is -2.10. The zero-order valence-corrected chi connectivity index (χ0v) is 11.1. The number of carbonyl (C=O) groups excluding carboxylic acids is 1. The molecule has 0 aliphatic rings. The van der Waals surface area contributed by atoms with Crippen LogP contribution in [0.25, 0.3) is 10.8 Å². The van der Waals surface area contributed by atoms with Crippen LogP contribution in [0.5, 0.6) is 5.75 Å². The second-order valence-corrected chi connectivity index (χ2v) is 4.57. The zero-order chi connectivity index (χ0) is 14.7. The Labute approximate surface area is 121 Å². The van der Waals surface area contributed by atoms with E-state index in [1.54, 1.807) is 24.3 Å². The van der Waals surface area contributed by atoms with Gasteiger partial charge in [0, 0.05) is 0 Å². The number of phenols is 1. The van der Waals surface area contributed by atoms with Crippen molar-refractivity contribution in [1.29, 1.82) is 0 Å². The summed E-state index contributed by atoms with van der Waals surface area (Å²) in [6.45, 7) is 0. The normalized spacial score (nSPS) is 10.3. The number of hydrogen-bond donors (Lipinski definition) is 2. The minimum absolute atomic E-state index is 0.103. The molecule has 4 heteroatoms. The first kappa shape index (κ1) is 13.0. The number of phenolic OH excluding ortho intramolecular Hbond substituents is 1. The number of rotatable bonds is 3. The monoisotopic (exact) mass is 279 g/mol. The predicted molar refractivity (Wildman–Crippen MR) is 81.1 cm³/mol. The Bertz CT molecular complexity index is 784. The third-order valence-corrected chi connectivity index (χ3v) is 3.12. The highest BCUT2D eigenvalue weighted by Crippen LogP contribution is 2.25. The summed E-state index contributed by atoms with van der Waals surface area (Å²) < 4.78 is 0. The lowest BCUT2D eigenvalue weighted by Gasteiger charge is -2.08. The molecule has 0 amide bonds. The number of fused-ring (bicyclic) bond motifs is 1. The molecule has 0 aliphatic heterocycles. The van der Waals surface area contributed by atoms with Gasteiger partial charge < -0.3 is 9.94 Å². The Hall–Kier alpha value is -3.01. The maximum Gasteiger partial charge on any atom is 0.366 e. The van der Waals surface area contributed by atoms with Gasteiger partial charge in [-0.05, 0) is 35.0 Å². The molecule has 0 bridgehead atoms. The molecule has 0 spiro atoms. The van der Waals surface area contributed by atoms with Gasteiger partial charge in [0.1, 0.15) is 11.3 Å². The molecule has 0 saturated carbocycles. The Morgan fingerprint density at radius 1 is 0.905 bits per heavy atom. The highest BCUT2D eigenvalue weighted by molar-refractivity contribution is 5.98. The molecule has 104 valence electrons. The van der Waals surface area contributed by atoms with Crippen molar-refractivity contribution < 1.29 is 14.7 Å². The molecule has 3 aromatic carbocycles. The van der Waals surface area contributed by atoms with Crippen molar-refractivity contribution in [1.82, 2.24) is 0 Å². The van der Waals surface area contributed by atoms with Gasteiger partial charge in [0.05, 0.1) is 5.69 Å². The van der Waals surface area contributed by atoms with Crippen molar-refractivity contribution in [2.24, 2.45) is 0 Å². The van der Waals surface area contributed by atoms with Gasteiger partial charge in [0.25, 0.3) is 0 Å². The van der Waals surface area contributed by atoms with E-state index in [1.165, 1.54) is 0 Å². The van der Waals surface area contributed by atoms with Gasteiger partial charge in [-0.15, -0.1) is 0 Å². The molecule has 0 unspecified atom stereocenters. The highest BCUT2D eigenvalue weighted by atomic mass is 16.7. The van der Waals surface area contributed by atoms with Gasteiger partial charge in [-0.25, -0.2) is 10.3 Å². The van der Waals surface area contributed by atoms with Crippen LogP contribution >= 0.6 is 0 Å². The third-order valence-electron chi connectivity index (χ3n) is 3.12. The minimum Gasteiger partial charge on any atom is -0.507 e. The van der Waals surface area contributed by atoms with Crippen molar-refractivity contribution in [3.8, 4) is 5.75 Å². The summed E-state index contributed by atoms with van der Waals surface area (Å²) in [5.74, 6) is -0.740. The number of aromatic hydroxyl groups is 1. The molecular weight excluding hydrogens is 266 g/mol. The van der Waals surface area contributed by atoms with Crippen molar-refractivity contribution in [2.75, 3.05) is 5.48 Å². The summed E-state index contributed by atoms with van der Waals surface area (Å²) in [4.78, 5) is 17.0. The summed E-state index contributed by atoms with van der Waals surface area (Å²) in [5, 5.41) is 11.7. The van der Waals surface area contributed by atoms with Gasteiger partial charge >= 0.3 is 5.97 Å². The standard InChI is InChI=1S/C17H13NO3/c19-16-11-13-7-5-4-6-12(13)10-15(16)17(20)21-18-14-8-2-1-3-9-14/h1-11,18-19H. The average Bonchev–Trinajstić information content (AvgIpc) is 2.53. The number of para-hydroxylation sites is 1. The molecule has 0 radical (unpaired) electrons. The molecule has 0 saturated heterocycles. The first-order chi connectivity index (χ1) is 10.2. The number of benzene rings is 3. The SMILES string of the molecule is O=C(ONc1ccccc1)c1cc2ccccc2cc1O. The van der Waals surface area contributed by atoms with Gasteiger partial charge in [-0.2, -0.15) is 0 Å². The fourth-order valence-corrected chi connectivity index (χ4v) is 2.06. The predicted octanol–water partition coefficient (Wildman–Crippen LogP) is 3.73. The molecule has 3 rings (SSSR count). The van der Waals surface area contributed by atoms with E-state index < -0.39 is 5.97 Å². The fourth-order valence-electron chi connectivity index (χ4n) is 2.06. The van der Waals surface area contributed by atoms with Crippen LogP contribution in [0.2, 0.25) is 0 Å². The third kappa shape index (κ3) is 2.79. The largest absolute Gasteiger partial charge is 0.507 e. The van der Waals surface area contributed by atoms with Crippen LogP contribution in [-0.2, 0) is 4.84 Å². The van der Waals surface area contributed by atoms with Crippen LogP contribution in [0.3, 0.4) is 0 Å². The van der Waals surface area contributed by atoms with E-state index in [1.807, 2.05) is 42.5 Å². The van der Waals surface area contributed by atoms with Crippen LogP contribution in [0.4, 0.5) is 5.69 Å². The Morgan fingerprint density at radius 3 is 2.24 bits per heavy atom. The van der Waals surface area contributed by atoms with Crippen LogP contribution in [0.15, 0.2) is 66.7 Å². The first-order valence-electron chi connectivity index (χ1n) is 6.48. The molecular formula is C17H13NO3. The second kappa shape index (κ2) is 5.54. The maximum atomic E-state index is 12.0. The number of nitrogens with one attached hydrogen (secondary N) is 1. The van der Waals surface area contributed by atoms with Crippen LogP contribution in [-0.4, -0.2) is 11.1 Å². The van der Waals surface area contributed by atoms with E-state index in [2.05, 4.69) is 5.48 Å².